The first-order valence-corrected chi connectivity index (χ1v) is 6.81. The van der Waals surface area contributed by atoms with E-state index in [2.05, 4.69) is 41.2 Å². The van der Waals surface area contributed by atoms with Crippen LogP contribution in [0.15, 0.2) is 30.5 Å². The molecule has 2 nitrogen and oxygen atoms in total. The van der Waals surface area contributed by atoms with Gasteiger partial charge in [-0.3, -0.25) is 0 Å². The van der Waals surface area contributed by atoms with Gasteiger partial charge >= 0.3 is 0 Å². The Morgan fingerprint density at radius 3 is 2.89 bits per heavy atom. The predicted molar refractivity (Wildman–Crippen MR) is 76.2 cm³/mol. The summed E-state index contributed by atoms with van der Waals surface area (Å²) in [6.45, 7) is 2.06. The van der Waals surface area contributed by atoms with E-state index >= 15 is 0 Å². The van der Waals surface area contributed by atoms with Crippen molar-refractivity contribution in [2.75, 3.05) is 0 Å². The lowest BCUT2D eigenvalue weighted by atomic mass is 9.79. The Kier molecular flexibility index (Phi) is 3.00. The molecular weight excluding hydrogens is 240 g/mol. The van der Waals surface area contributed by atoms with Crippen LogP contribution >= 0.6 is 12.2 Å². The number of aromatic nitrogens is 2. The molecule has 1 aliphatic rings. The number of hydrogen-bond donors (Lipinski definition) is 1. The molecular formula is C15H16N2S. The topological polar surface area (TPSA) is 28.7 Å². The number of H-pyrrole nitrogens is 1. The molecule has 1 N–H and O–H groups in total. The zero-order chi connectivity index (χ0) is 12.5. The van der Waals surface area contributed by atoms with Crippen molar-refractivity contribution in [2.45, 2.75) is 32.1 Å². The second-order valence-electron chi connectivity index (χ2n) is 5.00. The fourth-order valence-corrected chi connectivity index (χ4v) is 2.60. The maximum Gasteiger partial charge on any atom is 0.197 e. The van der Waals surface area contributed by atoms with Crippen LogP contribution in [-0.2, 0) is 0 Å². The van der Waals surface area contributed by atoms with E-state index in [1.165, 1.54) is 30.4 Å². The molecule has 3 heteroatoms. The molecule has 0 radical (unpaired) electrons. The van der Waals surface area contributed by atoms with Gasteiger partial charge in [0.15, 0.2) is 4.77 Å². The summed E-state index contributed by atoms with van der Waals surface area (Å²) in [7, 11) is 0. The standard InChI is InChI=1S/C15H16N2S/c1-10-9-16-15(18)17-14(10)13-7-3-6-12(8-13)11-4-2-5-11/h3,6-9,11H,2,4-5H2,1H3,(H,16,17,18). The lowest BCUT2D eigenvalue weighted by Crippen LogP contribution is -2.08. The molecule has 1 heterocycles. The van der Waals surface area contributed by atoms with Crippen molar-refractivity contribution in [1.29, 1.82) is 0 Å². The van der Waals surface area contributed by atoms with Gasteiger partial charge < -0.3 is 4.98 Å². The number of hydrogen-bond acceptors (Lipinski definition) is 2. The Morgan fingerprint density at radius 1 is 1.33 bits per heavy atom. The van der Waals surface area contributed by atoms with Gasteiger partial charge in [0.2, 0.25) is 0 Å². The molecule has 1 saturated carbocycles. The van der Waals surface area contributed by atoms with E-state index in [0.29, 0.717) is 4.77 Å². The molecule has 2 aromatic rings. The van der Waals surface area contributed by atoms with Crippen LogP contribution in [0.25, 0.3) is 11.3 Å². The third-order valence-corrected chi connectivity index (χ3v) is 3.96. The van der Waals surface area contributed by atoms with Gasteiger partial charge in [-0.15, -0.1) is 0 Å². The van der Waals surface area contributed by atoms with E-state index in [1.54, 1.807) is 0 Å². The van der Waals surface area contributed by atoms with Crippen LogP contribution in [-0.4, -0.2) is 9.97 Å². The monoisotopic (exact) mass is 256 g/mol. The zero-order valence-electron chi connectivity index (χ0n) is 10.4. The predicted octanol–water partition coefficient (Wildman–Crippen LogP) is 4.38. The molecule has 1 aromatic heterocycles. The molecule has 0 spiro atoms. The lowest BCUT2D eigenvalue weighted by molar-refractivity contribution is 0.420. The summed E-state index contributed by atoms with van der Waals surface area (Å²) in [5, 5.41) is 0. The summed E-state index contributed by atoms with van der Waals surface area (Å²) in [6, 6.07) is 8.80. The van der Waals surface area contributed by atoms with E-state index in [-0.39, 0.29) is 0 Å². The minimum atomic E-state index is 0.546. The third-order valence-electron chi connectivity index (χ3n) is 3.75. The molecule has 3 rings (SSSR count). The van der Waals surface area contributed by atoms with Crippen molar-refractivity contribution in [1.82, 2.24) is 9.97 Å². The Balaban J connectivity index is 2.05. The van der Waals surface area contributed by atoms with Crippen molar-refractivity contribution >= 4 is 12.2 Å². The van der Waals surface area contributed by atoms with Gasteiger partial charge in [0.1, 0.15) is 0 Å². The molecule has 0 bridgehead atoms. The van der Waals surface area contributed by atoms with Gasteiger partial charge in [-0.1, -0.05) is 24.6 Å². The first-order valence-electron chi connectivity index (χ1n) is 6.40. The Bertz CT molecular complexity index is 626. The van der Waals surface area contributed by atoms with E-state index < -0.39 is 0 Å². The summed E-state index contributed by atoms with van der Waals surface area (Å²) < 4.78 is 0.546. The number of aromatic amines is 1. The molecule has 92 valence electrons. The highest BCUT2D eigenvalue weighted by Gasteiger charge is 2.19. The second kappa shape index (κ2) is 4.65. The molecule has 18 heavy (non-hydrogen) atoms. The summed E-state index contributed by atoms with van der Waals surface area (Å²) >= 11 is 5.11. The fraction of sp³-hybridized carbons (Fsp3) is 0.333. The molecule has 1 aromatic carbocycles. The van der Waals surface area contributed by atoms with Crippen LogP contribution < -0.4 is 0 Å². The smallest absolute Gasteiger partial charge is 0.197 e. The van der Waals surface area contributed by atoms with Gasteiger partial charge in [-0.25, -0.2) is 4.98 Å². The van der Waals surface area contributed by atoms with Crippen molar-refractivity contribution in [3.05, 3.63) is 46.4 Å². The average molecular weight is 256 g/mol. The van der Waals surface area contributed by atoms with Crippen LogP contribution in [0.5, 0.6) is 0 Å². The molecule has 0 saturated heterocycles. The quantitative estimate of drug-likeness (QED) is 0.808. The zero-order valence-corrected chi connectivity index (χ0v) is 11.3. The van der Waals surface area contributed by atoms with Gasteiger partial charge in [-0.2, -0.15) is 0 Å². The highest BCUT2D eigenvalue weighted by atomic mass is 32.1. The van der Waals surface area contributed by atoms with Gasteiger partial charge in [-0.05, 0) is 60.7 Å². The van der Waals surface area contributed by atoms with Gasteiger partial charge in [0, 0.05) is 6.20 Å². The van der Waals surface area contributed by atoms with Crippen molar-refractivity contribution in [3.8, 4) is 11.3 Å². The number of nitrogens with one attached hydrogen (secondary N) is 1. The number of rotatable bonds is 2. The highest BCUT2D eigenvalue weighted by molar-refractivity contribution is 7.71. The average Bonchev–Trinajstić information content (AvgIpc) is 2.30. The van der Waals surface area contributed by atoms with Crippen LogP contribution in [0.4, 0.5) is 0 Å². The molecule has 0 unspecified atom stereocenters. The summed E-state index contributed by atoms with van der Waals surface area (Å²) in [4.78, 5) is 7.31. The van der Waals surface area contributed by atoms with E-state index in [0.717, 1.165) is 17.2 Å². The van der Waals surface area contributed by atoms with Crippen LogP contribution in [0.2, 0.25) is 0 Å². The minimum absolute atomic E-state index is 0.546. The minimum Gasteiger partial charge on any atom is -0.330 e. The third kappa shape index (κ3) is 2.10. The number of benzene rings is 1. The number of aryl methyl sites for hydroxylation is 1. The Hall–Kier alpha value is -1.48. The summed E-state index contributed by atoms with van der Waals surface area (Å²) in [5.74, 6) is 0.759. The maximum absolute atomic E-state index is 5.11. The van der Waals surface area contributed by atoms with Crippen LogP contribution in [0, 0.1) is 11.7 Å². The van der Waals surface area contributed by atoms with Crippen molar-refractivity contribution in [3.63, 3.8) is 0 Å². The second-order valence-corrected chi connectivity index (χ2v) is 5.39. The first kappa shape index (κ1) is 11.6. The van der Waals surface area contributed by atoms with Crippen molar-refractivity contribution in [2.24, 2.45) is 0 Å². The van der Waals surface area contributed by atoms with Crippen LogP contribution in [0.1, 0.15) is 36.3 Å². The molecule has 0 amide bonds. The largest absolute Gasteiger partial charge is 0.330 e. The van der Waals surface area contributed by atoms with E-state index in [9.17, 15) is 0 Å². The van der Waals surface area contributed by atoms with Crippen molar-refractivity contribution < 1.29 is 0 Å². The molecule has 1 fully saturated rings. The summed E-state index contributed by atoms with van der Waals surface area (Å²) in [6.07, 6.45) is 5.86. The van der Waals surface area contributed by atoms with Gasteiger partial charge in [0.25, 0.3) is 0 Å². The SMILES string of the molecule is Cc1cnc(=S)[nH]c1-c1cccc(C2CCC2)c1. The lowest BCUT2D eigenvalue weighted by Gasteiger charge is -2.26. The first-order chi connectivity index (χ1) is 8.74. The number of nitrogens with zero attached hydrogens (tertiary/aromatic N) is 1. The van der Waals surface area contributed by atoms with E-state index in [4.69, 9.17) is 12.2 Å². The molecule has 1 aliphatic carbocycles. The summed E-state index contributed by atoms with van der Waals surface area (Å²) in [5.41, 5.74) is 4.89. The van der Waals surface area contributed by atoms with E-state index in [1.807, 2.05) is 6.20 Å². The van der Waals surface area contributed by atoms with Crippen LogP contribution in [0.3, 0.4) is 0 Å². The Labute approximate surface area is 112 Å². The normalized spacial score (nSPS) is 15.4. The molecule has 0 aliphatic heterocycles. The van der Waals surface area contributed by atoms with Gasteiger partial charge in [0.05, 0.1) is 5.69 Å². The maximum atomic E-state index is 5.11. The Morgan fingerprint density at radius 2 is 2.17 bits per heavy atom. The molecule has 0 atom stereocenters. The fourth-order valence-electron chi connectivity index (χ4n) is 2.45. The highest BCUT2D eigenvalue weighted by Crippen LogP contribution is 2.37.